The van der Waals surface area contributed by atoms with Gasteiger partial charge < -0.3 is 28.6 Å². The molecule has 110 heavy (non-hydrogen) atoms. The number of rotatable bonds is 22. The zero-order chi connectivity index (χ0) is 76.3. The number of esters is 5. The summed E-state index contributed by atoms with van der Waals surface area (Å²) in [5.74, 6) is 5.22. The summed E-state index contributed by atoms with van der Waals surface area (Å²) >= 11 is 10.6. The van der Waals surface area contributed by atoms with Crippen LogP contribution in [0.1, 0.15) is 261 Å². The van der Waals surface area contributed by atoms with E-state index in [2.05, 4.69) is 144 Å². The predicted molar refractivity (Wildman–Crippen MR) is 449 cm³/mol. The molecule has 15 aliphatic heterocycles. The first kappa shape index (κ1) is 81.3. The quantitative estimate of drug-likeness (QED) is 0.0574. The van der Waals surface area contributed by atoms with E-state index in [-0.39, 0.29) is 57.9 Å². The summed E-state index contributed by atoms with van der Waals surface area (Å²) in [7, 11) is 0. The van der Waals surface area contributed by atoms with E-state index in [1.807, 2.05) is 30.4 Å². The predicted octanol–water partition coefficient (Wildman–Crippen LogP) is 15.9. The molecule has 20 aliphatic rings. The summed E-state index contributed by atoms with van der Waals surface area (Å²) < 4.78 is 29.6. The molecule has 20 atom stereocenters. The molecule has 5 saturated carbocycles. The number of hydrogen-bond acceptors (Lipinski definition) is 21. The summed E-state index contributed by atoms with van der Waals surface area (Å²) in [6, 6.07) is 5.35. The lowest BCUT2D eigenvalue weighted by molar-refractivity contribution is -0.149. The molecule has 10 saturated heterocycles. The van der Waals surface area contributed by atoms with Gasteiger partial charge in [-0.1, -0.05) is 120 Å². The van der Waals surface area contributed by atoms with E-state index in [1.54, 1.807) is 0 Å². The van der Waals surface area contributed by atoms with Gasteiger partial charge in [0.1, 0.15) is 0 Å². The fraction of sp³-hybridized carbons (Fsp3) is 0.831. The van der Waals surface area contributed by atoms with E-state index < -0.39 is 0 Å². The van der Waals surface area contributed by atoms with Crippen LogP contribution in [-0.4, -0.2) is 255 Å². The second-order valence-electron chi connectivity index (χ2n) is 37.0. The maximum atomic E-state index is 12.0. The van der Waals surface area contributed by atoms with Crippen molar-refractivity contribution in [3.05, 3.63) is 58.2 Å². The molecule has 15 heterocycles. The van der Waals surface area contributed by atoms with Crippen molar-refractivity contribution >= 4 is 88.7 Å². The van der Waals surface area contributed by atoms with Gasteiger partial charge in [0.15, 0.2) is 28.0 Å². The van der Waals surface area contributed by atoms with Gasteiger partial charge in [0.2, 0.25) is 0 Å². The molecule has 15 fully saturated rings. The number of carbonyl (C=O) groups excluding carboxylic acids is 5. The average Bonchev–Trinajstić information content (AvgIpc) is 1.58. The van der Waals surface area contributed by atoms with Gasteiger partial charge in [0, 0.05) is 131 Å². The van der Waals surface area contributed by atoms with Crippen molar-refractivity contribution in [3.8, 4) is 0 Å². The molecule has 20 rings (SSSR count). The molecule has 16 nitrogen and oxygen atoms in total. The summed E-state index contributed by atoms with van der Waals surface area (Å²) in [6.07, 6.45) is 47.9. The molecule has 10 bridgehead atoms. The molecule has 5 spiro atoms. The third kappa shape index (κ3) is 15.3. The van der Waals surface area contributed by atoms with Crippen LogP contribution in [0.3, 0.4) is 0 Å². The van der Waals surface area contributed by atoms with Crippen LogP contribution < -0.4 is 0 Å². The molecule has 0 aromatic heterocycles. The third-order valence-electron chi connectivity index (χ3n) is 30.1. The number of thioether (sulfide) groups is 5. The largest absolute Gasteiger partial charge is 0.450 e. The van der Waals surface area contributed by atoms with Crippen LogP contribution >= 0.6 is 58.8 Å². The van der Waals surface area contributed by atoms with Crippen molar-refractivity contribution in [2.24, 2.45) is 5.92 Å². The van der Waals surface area contributed by atoms with Gasteiger partial charge >= 0.3 is 29.8 Å². The van der Waals surface area contributed by atoms with Crippen molar-refractivity contribution in [1.29, 1.82) is 0 Å². The van der Waals surface area contributed by atoms with Crippen molar-refractivity contribution in [2.75, 3.05) is 75.4 Å². The van der Waals surface area contributed by atoms with Crippen LogP contribution in [0.2, 0.25) is 0 Å². The normalized spacial score (nSPS) is 40.3. The van der Waals surface area contributed by atoms with Crippen LogP contribution in [0.4, 0.5) is 0 Å². The molecule has 610 valence electrons. The second kappa shape index (κ2) is 34.5. The minimum Gasteiger partial charge on any atom is -0.450 e. The maximum absolute atomic E-state index is 12.0. The Hall–Kier alpha value is -2.44. The van der Waals surface area contributed by atoms with Gasteiger partial charge in [-0.3, -0.25) is 24.5 Å². The Balaban J connectivity index is 0.000000105. The summed E-state index contributed by atoms with van der Waals surface area (Å²) in [6.45, 7) is 27.6. The highest BCUT2D eigenvalue weighted by Crippen LogP contribution is 2.62. The van der Waals surface area contributed by atoms with E-state index in [1.165, 1.54) is 231 Å². The monoisotopic (exact) mass is 1610 g/mol. The molecule has 21 heteroatoms. The lowest BCUT2D eigenvalue weighted by atomic mass is 9.77. The van der Waals surface area contributed by atoms with Crippen molar-refractivity contribution in [2.45, 2.75) is 381 Å². The van der Waals surface area contributed by atoms with Crippen molar-refractivity contribution in [1.82, 2.24) is 29.4 Å². The number of hydrogen-bond donors (Lipinski definition) is 0. The van der Waals surface area contributed by atoms with Gasteiger partial charge in [-0.05, 0) is 211 Å². The Bertz CT molecular complexity index is 3530. The van der Waals surface area contributed by atoms with Crippen LogP contribution in [-0.2, 0) is 47.7 Å². The molecule has 0 radical (unpaired) electrons. The zero-order valence-corrected chi connectivity index (χ0v) is 72.2. The Morgan fingerprint density at radius 1 is 0.373 bits per heavy atom. The van der Waals surface area contributed by atoms with E-state index in [0.717, 1.165) is 83.2 Å². The van der Waals surface area contributed by atoms with Crippen LogP contribution in [0.15, 0.2) is 58.2 Å². The first-order chi connectivity index (χ1) is 53.4. The standard InChI is InChI=1S/C20H31NO2S.C19H30N2O2S.2C17H25NO2S.C16H23NO2S/c1-2-3-4-5-8-11-24-17-12-15-13-19(22)23-20(15)14-16(17)21-10-7-6-9-18(20)21;1-3-20(4-2)9-10-24-16-11-14-12-18(22)23-19(14)13-15(16)21-8-6-5-7-17(19)21;1-11(2)10-21-14-7-12-8-16(19)20-17(12)9-13(14)18-6-4-3-5-15(17)18;1-2-3-8-21-14-9-12-10-16(19)20-17(12)11-13(14)18-7-5-4-6-15(17)18;1-10(2)20-13-7-11-8-15(18)19-16(11)9-12(13)17-6-4-3-5-14(16)17/h13,16-18H,2-12,14H2,1H3;12,15-17H,3-11,13H2,1-2H3;8,11,13-15H,3-7,9-10H2,1-2H3;10,13-15H,2-9,11H2,1H3;8,10,12-14H,3-7,9H2,1-2H3/t16-,17?,18+,20-;15-,16?,17+,19-;2*13-,14?,15+,17-;12-,13?,14+,16-/m00000/s1. The summed E-state index contributed by atoms with van der Waals surface area (Å²) in [5.41, 5.74) is 5.34. The number of nitrogens with zero attached hydrogens (tertiary/aromatic N) is 6. The van der Waals surface area contributed by atoms with Crippen molar-refractivity contribution < 1.29 is 47.7 Å². The Kier molecular flexibility index (Phi) is 25.5. The average molecular weight is 1610 g/mol. The first-order valence-corrected chi connectivity index (χ1v) is 49.8. The van der Waals surface area contributed by atoms with Gasteiger partial charge in [0.25, 0.3) is 0 Å². The highest BCUT2D eigenvalue weighted by molar-refractivity contribution is 8.01. The Labute approximate surface area is 681 Å². The van der Waals surface area contributed by atoms with E-state index in [4.69, 9.17) is 23.7 Å². The van der Waals surface area contributed by atoms with Crippen LogP contribution in [0.25, 0.3) is 0 Å². The molecule has 0 N–H and O–H groups in total. The minimum atomic E-state index is -0.252. The maximum Gasteiger partial charge on any atom is 0.331 e. The topological polar surface area (TPSA) is 151 Å². The van der Waals surface area contributed by atoms with Crippen molar-refractivity contribution in [3.63, 3.8) is 0 Å². The van der Waals surface area contributed by atoms with E-state index in [0.29, 0.717) is 91.9 Å². The highest BCUT2D eigenvalue weighted by Gasteiger charge is 2.69. The fourth-order valence-electron chi connectivity index (χ4n) is 25.4. The molecular formula is C89H134N6O10S5. The molecule has 0 amide bonds. The lowest BCUT2D eigenvalue weighted by Gasteiger charge is -2.38. The molecule has 5 aliphatic carbocycles. The van der Waals surface area contributed by atoms with Gasteiger partial charge in [0.05, 0.1) is 30.2 Å². The smallest absolute Gasteiger partial charge is 0.331 e. The summed E-state index contributed by atoms with van der Waals surface area (Å²) in [5, 5.41) is 3.87. The Morgan fingerprint density at radius 3 is 0.973 bits per heavy atom. The van der Waals surface area contributed by atoms with Gasteiger partial charge in [-0.25, -0.2) is 24.0 Å². The molecule has 5 unspecified atom stereocenters. The number of carbonyl (C=O) groups is 5. The summed E-state index contributed by atoms with van der Waals surface area (Å²) in [4.78, 5) is 75.7. The fourth-order valence-corrected chi connectivity index (χ4v) is 32.6. The second-order valence-corrected chi connectivity index (χ2v) is 44.2. The highest BCUT2D eigenvalue weighted by atomic mass is 32.2. The molecule has 0 aromatic carbocycles. The number of piperidine rings is 5. The van der Waals surface area contributed by atoms with Crippen LogP contribution in [0, 0.1) is 5.92 Å². The number of ether oxygens (including phenoxy) is 5. The van der Waals surface area contributed by atoms with Crippen LogP contribution in [0.5, 0.6) is 0 Å². The van der Waals surface area contributed by atoms with Gasteiger partial charge in [-0.2, -0.15) is 58.8 Å². The molecule has 0 aromatic rings. The van der Waals surface area contributed by atoms with E-state index >= 15 is 0 Å². The molecular weight excluding hydrogens is 1470 g/mol. The van der Waals surface area contributed by atoms with Gasteiger partial charge in [-0.15, -0.1) is 0 Å². The Morgan fingerprint density at radius 2 is 0.664 bits per heavy atom. The zero-order valence-electron chi connectivity index (χ0n) is 68.1. The first-order valence-electron chi connectivity index (χ1n) is 44.7. The minimum absolute atomic E-state index is 0.0820. The SMILES string of the molecule is CC(C)CSC1CC2=CC(=O)O[C@@]23C[C@@H]1N1CCCC[C@@H]13.CC(C)SC1CC2=CC(=O)O[C@@]23C[C@@H]1N1CCCC[C@@H]13.CCCCCCCSC1CC2=CC(=O)O[C@@]23C[C@@H]1N1CCCC[C@@H]13.CCCCSC1CC2=CC(=O)O[C@@]23C[C@@H]1N1CCCC[C@@H]13.CCN(CC)CCSC1CC2=CC(=O)O[C@@]23C[C@@H]1N1CCCC[C@@H]13. The third-order valence-corrected chi connectivity index (χ3v) is 37.4. The number of fused-ring (bicyclic) bond motifs is 15. The van der Waals surface area contributed by atoms with E-state index in [9.17, 15) is 24.0 Å². The number of unbranched alkanes of at least 4 members (excludes halogenated alkanes) is 5. The lowest BCUT2D eigenvalue weighted by Crippen LogP contribution is -2.48.